The van der Waals surface area contributed by atoms with Gasteiger partial charge in [-0.3, -0.25) is 14.5 Å². The summed E-state index contributed by atoms with van der Waals surface area (Å²) in [5.74, 6) is -0.278. The maximum absolute atomic E-state index is 12.7. The second-order valence-corrected chi connectivity index (χ2v) is 10.9. The van der Waals surface area contributed by atoms with E-state index in [9.17, 15) is 14.7 Å². The van der Waals surface area contributed by atoms with Crippen LogP contribution in [0.5, 0.6) is 0 Å². The summed E-state index contributed by atoms with van der Waals surface area (Å²) >= 11 is 6.40. The molecular weight excluding hydrogens is 464 g/mol. The first kappa shape index (κ1) is 24.1. The zero-order chi connectivity index (χ0) is 24.7. The molecular formula is C27H33ClN4O3. The third-order valence-electron chi connectivity index (χ3n) is 7.73. The molecule has 3 aliphatic heterocycles. The Kier molecular flexibility index (Phi) is 6.51. The summed E-state index contributed by atoms with van der Waals surface area (Å²) < 4.78 is 0. The third kappa shape index (κ3) is 4.65. The minimum atomic E-state index is -1.08. The van der Waals surface area contributed by atoms with Crippen molar-refractivity contribution in [3.8, 4) is 0 Å². The van der Waals surface area contributed by atoms with Crippen molar-refractivity contribution in [1.29, 1.82) is 0 Å². The molecule has 0 aromatic heterocycles. The average molecular weight is 497 g/mol. The van der Waals surface area contributed by atoms with Crippen LogP contribution in [0.1, 0.15) is 34.9 Å². The minimum absolute atomic E-state index is 0.0846. The first-order valence-electron chi connectivity index (χ1n) is 12.3. The molecule has 3 heterocycles. The molecule has 35 heavy (non-hydrogen) atoms. The van der Waals surface area contributed by atoms with Crippen LogP contribution in [0.25, 0.3) is 0 Å². The number of hydrogen-bond donors (Lipinski definition) is 1. The van der Waals surface area contributed by atoms with Crippen LogP contribution in [-0.2, 0) is 4.79 Å². The van der Waals surface area contributed by atoms with Crippen LogP contribution in [-0.4, -0.2) is 91.0 Å². The molecule has 0 radical (unpaired) electrons. The monoisotopic (exact) mass is 496 g/mol. The van der Waals surface area contributed by atoms with Gasteiger partial charge in [0.25, 0.3) is 11.8 Å². The van der Waals surface area contributed by atoms with E-state index in [2.05, 4.69) is 9.80 Å². The van der Waals surface area contributed by atoms with Gasteiger partial charge in [0.15, 0.2) is 6.10 Å². The number of nitrogens with zero attached hydrogens (tertiary/aromatic N) is 4. The number of hydrogen-bond acceptors (Lipinski definition) is 5. The molecule has 0 aliphatic carbocycles. The van der Waals surface area contributed by atoms with Crippen molar-refractivity contribution in [2.45, 2.75) is 25.0 Å². The fraction of sp³-hybridized carbons (Fsp3) is 0.481. The quantitative estimate of drug-likeness (QED) is 0.689. The first-order valence-corrected chi connectivity index (χ1v) is 12.7. The number of likely N-dealkylation sites (tertiary alicyclic amines) is 2. The average Bonchev–Trinajstić information content (AvgIpc) is 2.82. The minimum Gasteiger partial charge on any atom is -0.378 e. The normalized spacial score (nSPS) is 20.8. The van der Waals surface area contributed by atoms with Crippen LogP contribution in [0.4, 0.5) is 5.69 Å². The molecule has 2 aromatic rings. The Balaban J connectivity index is 1.08. The molecule has 8 heteroatoms. The molecule has 2 amide bonds. The molecule has 1 atom stereocenters. The van der Waals surface area contributed by atoms with Crippen LogP contribution in [0.2, 0.25) is 5.02 Å². The van der Waals surface area contributed by atoms with Gasteiger partial charge in [-0.2, -0.15) is 0 Å². The van der Waals surface area contributed by atoms with Gasteiger partial charge in [0.1, 0.15) is 0 Å². The van der Waals surface area contributed by atoms with Crippen molar-refractivity contribution < 1.29 is 14.7 Å². The van der Waals surface area contributed by atoms with Gasteiger partial charge < -0.3 is 19.8 Å². The molecule has 3 fully saturated rings. The highest BCUT2D eigenvalue weighted by atomic mass is 35.5. The first-order chi connectivity index (χ1) is 16.8. The third-order valence-corrected chi connectivity index (χ3v) is 8.04. The molecule has 186 valence electrons. The van der Waals surface area contributed by atoms with Crippen LogP contribution in [0, 0.1) is 5.41 Å². The van der Waals surface area contributed by atoms with E-state index in [4.69, 9.17) is 11.6 Å². The number of amides is 2. The number of carbonyl (C=O) groups is 2. The number of piperidine rings is 1. The number of halogens is 1. The van der Waals surface area contributed by atoms with Crippen molar-refractivity contribution in [2.75, 3.05) is 58.3 Å². The number of aliphatic hydroxyl groups is 1. The standard InChI is InChI=1S/C27H33ClN4O3/c1-29(2)25(34)22-9-8-21(14-23(22)28)32-17-27(18-32)15-31(16-27)20-10-12-30(13-11-20)26(35)24(33)19-6-4-3-5-7-19/h3-9,14,20,24,33H,10-13,15-18H2,1-2H3. The topological polar surface area (TPSA) is 67.3 Å². The van der Waals surface area contributed by atoms with E-state index in [0.29, 0.717) is 40.7 Å². The van der Waals surface area contributed by atoms with Crippen molar-refractivity contribution in [2.24, 2.45) is 5.41 Å². The van der Waals surface area contributed by atoms with E-state index in [1.807, 2.05) is 41.3 Å². The lowest BCUT2D eigenvalue weighted by Crippen LogP contribution is -2.74. The van der Waals surface area contributed by atoms with E-state index in [-0.39, 0.29) is 11.8 Å². The zero-order valence-corrected chi connectivity index (χ0v) is 21.1. The number of rotatable bonds is 5. The van der Waals surface area contributed by atoms with Gasteiger partial charge in [-0.15, -0.1) is 0 Å². The molecule has 3 saturated heterocycles. The number of benzene rings is 2. The fourth-order valence-corrected chi connectivity index (χ4v) is 5.99. The van der Waals surface area contributed by atoms with E-state index in [1.54, 1.807) is 26.2 Å². The van der Waals surface area contributed by atoms with Crippen LogP contribution < -0.4 is 4.90 Å². The van der Waals surface area contributed by atoms with Gasteiger partial charge in [0.05, 0.1) is 10.6 Å². The molecule has 0 bridgehead atoms. The maximum Gasteiger partial charge on any atom is 0.256 e. The molecule has 7 nitrogen and oxygen atoms in total. The molecule has 1 spiro atoms. The van der Waals surface area contributed by atoms with Crippen molar-refractivity contribution in [3.05, 3.63) is 64.7 Å². The molecule has 3 aliphatic rings. The largest absolute Gasteiger partial charge is 0.378 e. The Morgan fingerprint density at radius 2 is 1.69 bits per heavy atom. The highest BCUT2D eigenvalue weighted by Gasteiger charge is 2.53. The van der Waals surface area contributed by atoms with Crippen molar-refractivity contribution in [3.63, 3.8) is 0 Å². The van der Waals surface area contributed by atoms with E-state index in [1.165, 1.54) is 4.90 Å². The van der Waals surface area contributed by atoms with E-state index >= 15 is 0 Å². The second-order valence-electron chi connectivity index (χ2n) is 10.5. The number of aliphatic hydroxyl groups excluding tert-OH is 1. The van der Waals surface area contributed by atoms with Crippen LogP contribution in [0.3, 0.4) is 0 Å². The van der Waals surface area contributed by atoms with Gasteiger partial charge in [0.2, 0.25) is 0 Å². The van der Waals surface area contributed by atoms with Gasteiger partial charge in [-0.05, 0) is 36.6 Å². The lowest BCUT2D eigenvalue weighted by Gasteiger charge is -2.63. The lowest BCUT2D eigenvalue weighted by atomic mass is 9.71. The Labute approximate surface area is 211 Å². The summed E-state index contributed by atoms with van der Waals surface area (Å²) in [4.78, 5) is 33.2. The number of anilines is 1. The summed E-state index contributed by atoms with van der Waals surface area (Å²) in [5.41, 5.74) is 2.59. The summed E-state index contributed by atoms with van der Waals surface area (Å²) in [5, 5.41) is 10.9. The molecule has 2 aromatic carbocycles. The maximum atomic E-state index is 12.7. The second kappa shape index (κ2) is 9.45. The predicted molar refractivity (Wildman–Crippen MR) is 137 cm³/mol. The number of carbonyl (C=O) groups excluding carboxylic acids is 2. The lowest BCUT2D eigenvalue weighted by molar-refractivity contribution is -0.143. The smallest absolute Gasteiger partial charge is 0.256 e. The van der Waals surface area contributed by atoms with E-state index < -0.39 is 6.10 Å². The Bertz CT molecular complexity index is 1090. The Hall–Kier alpha value is -2.61. The highest BCUT2D eigenvalue weighted by molar-refractivity contribution is 6.34. The summed E-state index contributed by atoms with van der Waals surface area (Å²) in [6.45, 7) is 5.56. The summed E-state index contributed by atoms with van der Waals surface area (Å²) in [7, 11) is 3.45. The summed E-state index contributed by atoms with van der Waals surface area (Å²) in [6.07, 6.45) is 0.818. The van der Waals surface area contributed by atoms with Gasteiger partial charge >= 0.3 is 0 Å². The molecule has 5 rings (SSSR count). The van der Waals surface area contributed by atoms with Crippen molar-refractivity contribution in [1.82, 2.24) is 14.7 Å². The van der Waals surface area contributed by atoms with Gasteiger partial charge in [-0.1, -0.05) is 41.9 Å². The fourth-order valence-electron chi connectivity index (χ4n) is 5.74. The predicted octanol–water partition coefficient (Wildman–Crippen LogP) is 2.89. The van der Waals surface area contributed by atoms with Gasteiger partial charge in [-0.25, -0.2) is 0 Å². The zero-order valence-electron chi connectivity index (χ0n) is 20.4. The molecule has 1 N–H and O–H groups in total. The SMILES string of the molecule is CN(C)C(=O)c1ccc(N2CC3(C2)CN(C2CCN(C(=O)C(O)c4ccccc4)CC2)C3)cc1Cl. The Morgan fingerprint density at radius 3 is 2.29 bits per heavy atom. The summed E-state index contributed by atoms with van der Waals surface area (Å²) in [6, 6.07) is 15.4. The van der Waals surface area contributed by atoms with Gasteiger partial charge in [0, 0.05) is 70.5 Å². The van der Waals surface area contributed by atoms with Crippen molar-refractivity contribution >= 4 is 29.1 Å². The highest BCUT2D eigenvalue weighted by Crippen LogP contribution is 2.44. The molecule has 1 unspecified atom stereocenters. The Morgan fingerprint density at radius 1 is 1.03 bits per heavy atom. The van der Waals surface area contributed by atoms with Crippen LogP contribution >= 0.6 is 11.6 Å². The van der Waals surface area contributed by atoms with Crippen LogP contribution in [0.15, 0.2) is 48.5 Å². The molecule has 0 saturated carbocycles. The van der Waals surface area contributed by atoms with E-state index in [0.717, 1.165) is 44.7 Å².